The summed E-state index contributed by atoms with van der Waals surface area (Å²) in [5.74, 6) is -2.34. The summed E-state index contributed by atoms with van der Waals surface area (Å²) in [6.07, 6.45) is 0. The summed E-state index contributed by atoms with van der Waals surface area (Å²) < 4.78 is 0. The standard InChI is InChI=1S/C12H17N3O3.C6H6N4S2.2CH4O.ClH.2Cu/c1-15(2)8-7-13-11(17)12(18)14-9-5-3-4-6-10(9)16;7-5-9-3(1-11-5)4-2-12-6(8)10-4;2*1-2;;;/h3-6,16H,7-8H2,1-2H3,(H,13,17)(H,14,18);1-2H,(H2,7,9)(H2,8,10);2*2H,1H3;1H;;/q;;;;;2*+2/p-4. The first-order valence-electron chi connectivity index (χ1n) is 9.46. The van der Waals surface area contributed by atoms with E-state index in [1.165, 1.54) is 40.9 Å². The van der Waals surface area contributed by atoms with Crippen LogP contribution in [0.5, 0.6) is 5.75 Å². The Morgan fingerprint density at radius 2 is 1.38 bits per heavy atom. The van der Waals surface area contributed by atoms with Crippen molar-refractivity contribution in [1.29, 1.82) is 0 Å². The third kappa shape index (κ3) is 17.2. The molecule has 12 nitrogen and oxygen atoms in total. The molecule has 3 rings (SSSR count). The van der Waals surface area contributed by atoms with Crippen LogP contribution in [0.25, 0.3) is 11.4 Å². The Labute approximate surface area is 251 Å². The number of hydrogen-bond donors (Lipinski definition) is 4. The molecule has 6 N–H and O–H groups in total. The zero-order chi connectivity index (χ0) is 26.1. The molecule has 0 amide bonds. The van der Waals surface area contributed by atoms with Crippen molar-refractivity contribution in [2.45, 2.75) is 0 Å². The summed E-state index contributed by atoms with van der Waals surface area (Å²) in [7, 11) is 5.67. The van der Waals surface area contributed by atoms with Crippen molar-refractivity contribution >= 4 is 50.4 Å². The number of rotatable bonds is 5. The number of aliphatic hydroxyl groups is 2. The normalized spacial score (nSPS) is 10.0. The monoisotopic (exact) mass is 671 g/mol. The fourth-order valence-corrected chi connectivity index (χ4v) is 3.05. The van der Waals surface area contributed by atoms with Crippen molar-refractivity contribution in [3.8, 4) is 17.1 Å². The summed E-state index contributed by atoms with van der Waals surface area (Å²) in [5, 5.41) is 52.8. The van der Waals surface area contributed by atoms with Crippen molar-refractivity contribution < 1.29 is 72.1 Å². The molecule has 17 heteroatoms. The van der Waals surface area contributed by atoms with E-state index >= 15 is 0 Å². The third-order valence-electron chi connectivity index (χ3n) is 3.38. The Balaban J connectivity index is -0.000000252. The Morgan fingerprint density at radius 3 is 1.76 bits per heavy atom. The van der Waals surface area contributed by atoms with Gasteiger partial charge in [-0.2, -0.15) is 0 Å². The van der Waals surface area contributed by atoms with E-state index in [1.807, 2.05) is 29.8 Å². The number of hydrogen-bond acceptors (Lipinski definition) is 14. The first kappa shape index (κ1) is 42.1. The van der Waals surface area contributed by atoms with Crippen molar-refractivity contribution in [3.05, 3.63) is 35.0 Å². The predicted molar refractivity (Wildman–Crippen MR) is 132 cm³/mol. The van der Waals surface area contributed by atoms with Crippen LogP contribution in [0.15, 0.2) is 45.0 Å². The second-order valence-corrected chi connectivity index (χ2v) is 7.80. The van der Waals surface area contributed by atoms with Gasteiger partial charge in [-0.05, 0) is 32.0 Å². The van der Waals surface area contributed by atoms with E-state index in [9.17, 15) is 15.3 Å². The van der Waals surface area contributed by atoms with Crippen molar-refractivity contribution in [2.75, 3.05) is 52.9 Å². The largest absolute Gasteiger partial charge is 2.00 e. The van der Waals surface area contributed by atoms with Gasteiger partial charge in [-0.25, -0.2) is 9.97 Å². The molecule has 0 aliphatic rings. The molecule has 0 spiro atoms. The van der Waals surface area contributed by atoms with Gasteiger partial charge >= 0.3 is 34.1 Å². The molecular formula is C20H28ClCu2N7O5S2. The minimum atomic E-state index is -1.02. The zero-order valence-electron chi connectivity index (χ0n) is 20.2. The smallest absolute Gasteiger partial charge is 1.00 e. The molecule has 0 saturated carbocycles. The number of halogens is 1. The number of aliphatic imine (C=N–C) groups is 2. The van der Waals surface area contributed by atoms with Crippen LogP contribution in [0.1, 0.15) is 0 Å². The molecule has 0 saturated heterocycles. The van der Waals surface area contributed by atoms with Crippen LogP contribution in [0, 0.1) is 0 Å². The number of nitrogen functional groups attached to an aromatic ring is 2. The van der Waals surface area contributed by atoms with Crippen molar-refractivity contribution in [2.24, 2.45) is 9.98 Å². The van der Waals surface area contributed by atoms with Gasteiger partial charge in [0.2, 0.25) is 0 Å². The number of likely N-dealkylation sites (N-methyl/N-ethyl adjacent to an activating group) is 1. The first-order valence-corrected chi connectivity index (χ1v) is 11.2. The Morgan fingerprint density at radius 1 is 0.919 bits per heavy atom. The average Bonchev–Trinajstić information content (AvgIpc) is 3.46. The molecule has 0 aliphatic carbocycles. The minimum Gasteiger partial charge on any atom is -1.00 e. The molecule has 2 aromatic heterocycles. The van der Waals surface area contributed by atoms with Gasteiger partial charge in [-0.3, -0.25) is 9.98 Å². The number of anilines is 2. The number of benzene rings is 1. The molecule has 3 aromatic rings. The molecule has 214 valence electrons. The predicted octanol–water partition coefficient (Wildman–Crippen LogP) is -3.88. The summed E-state index contributed by atoms with van der Waals surface area (Å²) >= 11 is 2.80. The van der Waals surface area contributed by atoms with Crippen molar-refractivity contribution in [3.63, 3.8) is 0 Å². The summed E-state index contributed by atoms with van der Waals surface area (Å²) in [4.78, 5) is 17.0. The van der Waals surface area contributed by atoms with E-state index < -0.39 is 17.5 Å². The van der Waals surface area contributed by atoms with E-state index in [4.69, 9.17) is 21.7 Å². The second-order valence-electron chi connectivity index (χ2n) is 6.02. The van der Waals surface area contributed by atoms with E-state index in [-0.39, 0.29) is 58.8 Å². The molecule has 2 radical (unpaired) electrons. The summed E-state index contributed by atoms with van der Waals surface area (Å²) in [6.45, 7) is 0.795. The molecule has 0 atom stereocenters. The molecule has 0 aliphatic heterocycles. The van der Waals surface area contributed by atoms with Crippen LogP contribution in [0.3, 0.4) is 0 Å². The molecule has 1 aromatic carbocycles. The fraction of sp³-hybridized carbons (Fsp3) is 0.300. The van der Waals surface area contributed by atoms with Gasteiger partial charge in [0.05, 0.1) is 12.2 Å². The van der Waals surface area contributed by atoms with Crippen LogP contribution < -0.4 is 39.2 Å². The Hall–Kier alpha value is -1.97. The second kappa shape index (κ2) is 24.4. The molecule has 0 bridgehead atoms. The topological polar surface area (TPSA) is 215 Å². The maximum absolute atomic E-state index is 11.4. The first-order chi connectivity index (χ1) is 16.3. The SMILES string of the molecule is CN(C)CCN=C([O-])C([O-])=Nc1ccccc1[O-].CO.CO.Nc1nc(-c2csc(N)n2)cs1.[Cl-].[Cu+2].[Cu+2]. The van der Waals surface area contributed by atoms with Gasteiger partial charge in [-0.15, -0.1) is 22.7 Å². The van der Waals surface area contributed by atoms with Gasteiger partial charge < -0.3 is 54.3 Å². The molecule has 0 fully saturated rings. The average molecular weight is 673 g/mol. The Kier molecular flexibility index (Phi) is 27.7. The maximum atomic E-state index is 11.4. The number of para-hydroxylation sites is 2. The number of thiazole rings is 2. The van der Waals surface area contributed by atoms with Crippen LogP contribution in [0.4, 0.5) is 16.0 Å². The van der Waals surface area contributed by atoms with Crippen LogP contribution >= 0.6 is 22.7 Å². The molecule has 2 heterocycles. The molecular weight excluding hydrogens is 645 g/mol. The number of aliphatic hydroxyl groups excluding tert-OH is 2. The van der Waals surface area contributed by atoms with Gasteiger partial charge in [0.1, 0.15) is 11.4 Å². The van der Waals surface area contributed by atoms with Gasteiger partial charge in [0, 0.05) is 31.5 Å². The number of nitrogens with two attached hydrogens (primary N) is 2. The van der Waals surface area contributed by atoms with Crippen molar-refractivity contribution in [1.82, 2.24) is 14.9 Å². The van der Waals surface area contributed by atoms with Crippen LogP contribution in [-0.4, -0.2) is 78.3 Å². The van der Waals surface area contributed by atoms with E-state index in [0.29, 0.717) is 16.8 Å². The third-order valence-corrected chi connectivity index (χ3v) is 4.73. The number of aromatic nitrogens is 2. The van der Waals surface area contributed by atoms with Gasteiger partial charge in [0.15, 0.2) is 10.3 Å². The zero-order valence-corrected chi connectivity index (χ0v) is 24.5. The van der Waals surface area contributed by atoms with Gasteiger partial charge in [-0.1, -0.05) is 23.9 Å². The van der Waals surface area contributed by atoms with Crippen LogP contribution in [-0.2, 0) is 34.1 Å². The summed E-state index contributed by atoms with van der Waals surface area (Å²) in [5.41, 5.74) is 12.5. The van der Waals surface area contributed by atoms with Crippen LogP contribution in [0.2, 0.25) is 0 Å². The van der Waals surface area contributed by atoms with E-state index in [2.05, 4.69) is 20.0 Å². The number of nitrogens with zero attached hydrogens (tertiary/aromatic N) is 5. The maximum Gasteiger partial charge on any atom is 2.00 e. The van der Waals surface area contributed by atoms with Gasteiger partial charge in [0.25, 0.3) is 0 Å². The quantitative estimate of drug-likeness (QED) is 0.117. The minimum absolute atomic E-state index is 0. The summed E-state index contributed by atoms with van der Waals surface area (Å²) in [6, 6.07) is 5.77. The molecule has 37 heavy (non-hydrogen) atoms. The van der Waals surface area contributed by atoms with E-state index in [1.54, 1.807) is 6.07 Å². The fourth-order valence-electron chi connectivity index (χ4n) is 1.94. The van der Waals surface area contributed by atoms with E-state index in [0.717, 1.165) is 25.6 Å². The molecule has 0 unspecified atom stereocenters. The Bertz CT molecular complexity index is 1000.